The lowest BCUT2D eigenvalue weighted by Crippen LogP contribution is -2.54. The highest BCUT2D eigenvalue weighted by Gasteiger charge is 2.20. The zero-order chi connectivity index (χ0) is 12.1. The van der Waals surface area contributed by atoms with E-state index in [2.05, 4.69) is 16.0 Å². The minimum absolute atomic E-state index is 0.0401. The number of hydrogen-bond donors (Lipinski definition) is 3. The second kappa shape index (κ2) is 5.65. The first-order valence-electron chi connectivity index (χ1n) is 5.69. The van der Waals surface area contributed by atoms with Crippen LogP contribution in [0.15, 0.2) is 24.3 Å². The number of piperazine rings is 1. The van der Waals surface area contributed by atoms with Crippen molar-refractivity contribution in [2.24, 2.45) is 0 Å². The first-order valence-corrected chi connectivity index (χ1v) is 5.69. The fraction of sp³-hybridized carbons (Fsp3) is 0.417. The molecule has 1 fully saturated rings. The molecule has 2 rings (SSSR count). The summed E-state index contributed by atoms with van der Waals surface area (Å²) in [4.78, 5) is 12.0. The standard InChI is InChI=1S/C12H17N3O2/c1-17-11-5-3-2-4-9(11)15-12(16)10-8-13-6-7-14-10/h2-5,10,13-14H,6-8H2,1H3,(H,15,16). The molecule has 1 unspecified atom stereocenters. The summed E-state index contributed by atoms with van der Waals surface area (Å²) in [5.74, 6) is 0.631. The van der Waals surface area contributed by atoms with Gasteiger partial charge in [-0.3, -0.25) is 4.79 Å². The van der Waals surface area contributed by atoms with Gasteiger partial charge in [0.2, 0.25) is 5.91 Å². The first-order chi connectivity index (χ1) is 8.31. The van der Waals surface area contributed by atoms with Crippen molar-refractivity contribution in [3.63, 3.8) is 0 Å². The molecule has 3 N–H and O–H groups in total. The Hall–Kier alpha value is -1.59. The van der Waals surface area contributed by atoms with Crippen molar-refractivity contribution in [1.29, 1.82) is 0 Å². The van der Waals surface area contributed by atoms with Crippen LogP contribution >= 0.6 is 0 Å². The van der Waals surface area contributed by atoms with E-state index in [-0.39, 0.29) is 11.9 Å². The van der Waals surface area contributed by atoms with Crippen molar-refractivity contribution in [3.8, 4) is 5.75 Å². The summed E-state index contributed by atoms with van der Waals surface area (Å²) >= 11 is 0. The number of nitrogens with one attached hydrogen (secondary N) is 3. The third-order valence-corrected chi connectivity index (χ3v) is 2.72. The second-order valence-electron chi connectivity index (χ2n) is 3.90. The molecule has 0 aromatic heterocycles. The maximum absolute atomic E-state index is 12.0. The predicted octanol–water partition coefficient (Wildman–Crippen LogP) is 0.195. The number of rotatable bonds is 3. The number of carbonyl (C=O) groups excluding carboxylic acids is 1. The Labute approximate surface area is 101 Å². The van der Waals surface area contributed by atoms with Gasteiger partial charge in [0.15, 0.2) is 0 Å². The molecule has 1 aromatic carbocycles. The first kappa shape index (κ1) is 11.9. The summed E-state index contributed by atoms with van der Waals surface area (Å²) < 4.78 is 5.18. The zero-order valence-corrected chi connectivity index (χ0v) is 9.82. The molecule has 1 aromatic rings. The van der Waals surface area contributed by atoms with Gasteiger partial charge in [-0.2, -0.15) is 0 Å². The van der Waals surface area contributed by atoms with Crippen LogP contribution in [-0.4, -0.2) is 38.7 Å². The van der Waals surface area contributed by atoms with Crippen LogP contribution in [0.1, 0.15) is 0 Å². The van der Waals surface area contributed by atoms with Gasteiger partial charge in [0.05, 0.1) is 18.8 Å². The number of methoxy groups -OCH3 is 1. The quantitative estimate of drug-likeness (QED) is 0.700. The number of ether oxygens (including phenoxy) is 1. The smallest absolute Gasteiger partial charge is 0.242 e. The Kier molecular flexibility index (Phi) is 3.95. The Morgan fingerprint density at radius 3 is 2.94 bits per heavy atom. The fourth-order valence-electron chi connectivity index (χ4n) is 1.81. The lowest BCUT2D eigenvalue weighted by Gasteiger charge is -2.23. The Balaban J connectivity index is 2.01. The third-order valence-electron chi connectivity index (χ3n) is 2.72. The highest BCUT2D eigenvalue weighted by Crippen LogP contribution is 2.22. The summed E-state index contributed by atoms with van der Waals surface area (Å²) in [6.07, 6.45) is 0. The van der Waals surface area contributed by atoms with Crippen molar-refractivity contribution in [2.45, 2.75) is 6.04 Å². The average Bonchev–Trinajstić information content (AvgIpc) is 2.40. The molecule has 0 radical (unpaired) electrons. The molecule has 1 amide bonds. The molecule has 0 bridgehead atoms. The van der Waals surface area contributed by atoms with E-state index < -0.39 is 0 Å². The summed E-state index contributed by atoms with van der Waals surface area (Å²) in [5.41, 5.74) is 0.701. The normalized spacial score (nSPS) is 19.7. The van der Waals surface area contributed by atoms with Crippen LogP contribution in [0.5, 0.6) is 5.75 Å². The summed E-state index contributed by atoms with van der Waals surface area (Å²) in [5, 5.41) is 9.20. The molecule has 1 atom stereocenters. The van der Waals surface area contributed by atoms with E-state index in [1.54, 1.807) is 7.11 Å². The van der Waals surface area contributed by atoms with Gasteiger partial charge in [-0.15, -0.1) is 0 Å². The number of amides is 1. The van der Waals surface area contributed by atoms with Crippen LogP contribution < -0.4 is 20.7 Å². The Morgan fingerprint density at radius 2 is 2.24 bits per heavy atom. The van der Waals surface area contributed by atoms with E-state index in [0.29, 0.717) is 18.0 Å². The lowest BCUT2D eigenvalue weighted by atomic mass is 10.2. The molecule has 0 saturated carbocycles. The maximum atomic E-state index is 12.0. The third kappa shape index (κ3) is 2.95. The minimum Gasteiger partial charge on any atom is -0.495 e. The summed E-state index contributed by atoms with van der Waals surface area (Å²) in [6, 6.07) is 7.20. The predicted molar refractivity (Wildman–Crippen MR) is 66.3 cm³/mol. The summed E-state index contributed by atoms with van der Waals surface area (Å²) in [6.45, 7) is 2.36. The number of carbonyl (C=O) groups is 1. The molecule has 5 heteroatoms. The topological polar surface area (TPSA) is 62.4 Å². The summed E-state index contributed by atoms with van der Waals surface area (Å²) in [7, 11) is 1.59. The number of anilines is 1. The van der Waals surface area contributed by atoms with E-state index >= 15 is 0 Å². The maximum Gasteiger partial charge on any atom is 0.242 e. The number of benzene rings is 1. The van der Waals surface area contributed by atoms with E-state index in [9.17, 15) is 4.79 Å². The SMILES string of the molecule is COc1ccccc1NC(=O)C1CNCCN1. The molecule has 1 aliphatic heterocycles. The zero-order valence-electron chi connectivity index (χ0n) is 9.82. The fourth-order valence-corrected chi connectivity index (χ4v) is 1.81. The van der Waals surface area contributed by atoms with Gasteiger partial charge in [0, 0.05) is 19.6 Å². The lowest BCUT2D eigenvalue weighted by molar-refractivity contribution is -0.118. The molecular weight excluding hydrogens is 218 g/mol. The molecular formula is C12H17N3O2. The van der Waals surface area contributed by atoms with Crippen molar-refractivity contribution in [2.75, 3.05) is 32.1 Å². The highest BCUT2D eigenvalue weighted by molar-refractivity contribution is 5.96. The number of hydrogen-bond acceptors (Lipinski definition) is 4. The Bertz CT molecular complexity index is 389. The van der Waals surface area contributed by atoms with Crippen molar-refractivity contribution in [1.82, 2.24) is 10.6 Å². The van der Waals surface area contributed by atoms with E-state index in [0.717, 1.165) is 13.1 Å². The largest absolute Gasteiger partial charge is 0.495 e. The molecule has 0 spiro atoms. The molecule has 0 aliphatic carbocycles. The molecule has 1 aliphatic rings. The average molecular weight is 235 g/mol. The molecule has 1 saturated heterocycles. The van der Waals surface area contributed by atoms with E-state index in [1.165, 1.54) is 0 Å². The van der Waals surface area contributed by atoms with Crippen molar-refractivity contribution in [3.05, 3.63) is 24.3 Å². The van der Waals surface area contributed by atoms with E-state index in [4.69, 9.17) is 4.74 Å². The van der Waals surface area contributed by atoms with Gasteiger partial charge in [-0.05, 0) is 12.1 Å². The number of para-hydroxylation sites is 2. The van der Waals surface area contributed by atoms with Crippen LogP contribution in [0.3, 0.4) is 0 Å². The Morgan fingerprint density at radius 1 is 1.41 bits per heavy atom. The minimum atomic E-state index is -0.186. The van der Waals surface area contributed by atoms with E-state index in [1.807, 2.05) is 24.3 Å². The molecule has 5 nitrogen and oxygen atoms in total. The van der Waals surface area contributed by atoms with Crippen LogP contribution in [0.25, 0.3) is 0 Å². The van der Waals surface area contributed by atoms with Gasteiger partial charge in [0.1, 0.15) is 5.75 Å². The molecule has 1 heterocycles. The van der Waals surface area contributed by atoms with Gasteiger partial charge in [0.25, 0.3) is 0 Å². The molecule has 17 heavy (non-hydrogen) atoms. The van der Waals surface area contributed by atoms with Crippen LogP contribution in [0, 0.1) is 0 Å². The van der Waals surface area contributed by atoms with Crippen molar-refractivity contribution < 1.29 is 9.53 Å². The second-order valence-corrected chi connectivity index (χ2v) is 3.90. The monoisotopic (exact) mass is 235 g/mol. The van der Waals surface area contributed by atoms with Crippen LogP contribution in [0.4, 0.5) is 5.69 Å². The van der Waals surface area contributed by atoms with Gasteiger partial charge in [-0.1, -0.05) is 12.1 Å². The highest BCUT2D eigenvalue weighted by atomic mass is 16.5. The van der Waals surface area contributed by atoms with Crippen LogP contribution in [0.2, 0.25) is 0 Å². The van der Waals surface area contributed by atoms with Gasteiger partial charge in [-0.25, -0.2) is 0 Å². The van der Waals surface area contributed by atoms with Crippen LogP contribution in [-0.2, 0) is 4.79 Å². The molecule has 92 valence electrons. The van der Waals surface area contributed by atoms with Gasteiger partial charge < -0.3 is 20.7 Å². The van der Waals surface area contributed by atoms with Crippen molar-refractivity contribution >= 4 is 11.6 Å². The van der Waals surface area contributed by atoms with Gasteiger partial charge >= 0.3 is 0 Å².